The second kappa shape index (κ2) is 6.41. The third-order valence-electron chi connectivity index (χ3n) is 2.74. The highest BCUT2D eigenvalue weighted by Gasteiger charge is 2.16. The van der Waals surface area contributed by atoms with Gasteiger partial charge in [-0.05, 0) is 12.0 Å². The molecule has 0 fully saturated rings. The molecule has 1 nitrogen and oxygen atoms in total. The minimum absolute atomic E-state index is 0.173. The highest BCUT2D eigenvalue weighted by Crippen LogP contribution is 2.26. The van der Waals surface area contributed by atoms with Crippen molar-refractivity contribution in [2.45, 2.75) is 32.3 Å². The molecule has 1 aromatic carbocycles. The van der Waals surface area contributed by atoms with Gasteiger partial charge in [-0.2, -0.15) is 0 Å². The fourth-order valence-electron chi connectivity index (χ4n) is 1.74. The molecule has 0 spiro atoms. The molecule has 1 N–H and O–H groups in total. The molecule has 0 aliphatic heterocycles. The smallest absolute Gasteiger partial charge is 0.0852 e. The van der Waals surface area contributed by atoms with Crippen LogP contribution >= 0.6 is 0 Å². The van der Waals surface area contributed by atoms with Crippen LogP contribution in [0.3, 0.4) is 0 Å². The van der Waals surface area contributed by atoms with Crippen molar-refractivity contribution >= 4 is 0 Å². The summed E-state index contributed by atoms with van der Waals surface area (Å²) < 4.78 is 0. The van der Waals surface area contributed by atoms with Crippen LogP contribution in [0.5, 0.6) is 0 Å². The van der Waals surface area contributed by atoms with Gasteiger partial charge in [0, 0.05) is 5.92 Å². The zero-order valence-corrected chi connectivity index (χ0v) is 9.39. The first-order valence-electron chi connectivity index (χ1n) is 5.65. The Morgan fingerprint density at radius 3 is 2.53 bits per heavy atom. The van der Waals surface area contributed by atoms with Gasteiger partial charge in [0.05, 0.1) is 6.10 Å². The van der Waals surface area contributed by atoms with Crippen LogP contribution in [-0.4, -0.2) is 5.11 Å². The SMILES string of the molecule is C=C[C@@H](CCCC)[C@H](O)c1ccccc1. The predicted molar refractivity (Wildman–Crippen MR) is 64.6 cm³/mol. The van der Waals surface area contributed by atoms with Gasteiger partial charge in [0.15, 0.2) is 0 Å². The average molecular weight is 204 g/mol. The minimum atomic E-state index is -0.407. The maximum atomic E-state index is 10.1. The molecule has 15 heavy (non-hydrogen) atoms. The largest absolute Gasteiger partial charge is 0.388 e. The normalized spacial score (nSPS) is 14.5. The van der Waals surface area contributed by atoms with Gasteiger partial charge in [0.2, 0.25) is 0 Å². The summed E-state index contributed by atoms with van der Waals surface area (Å²) in [5.41, 5.74) is 0.985. The lowest BCUT2D eigenvalue weighted by molar-refractivity contribution is 0.126. The third-order valence-corrected chi connectivity index (χ3v) is 2.74. The highest BCUT2D eigenvalue weighted by atomic mass is 16.3. The maximum Gasteiger partial charge on any atom is 0.0852 e. The molecule has 0 amide bonds. The van der Waals surface area contributed by atoms with Gasteiger partial charge in [-0.15, -0.1) is 6.58 Å². The summed E-state index contributed by atoms with van der Waals surface area (Å²) in [6, 6.07) is 9.81. The van der Waals surface area contributed by atoms with Gasteiger partial charge < -0.3 is 5.11 Å². The van der Waals surface area contributed by atoms with Gasteiger partial charge in [-0.25, -0.2) is 0 Å². The number of aliphatic hydroxyl groups excluding tert-OH is 1. The molecule has 0 aromatic heterocycles. The van der Waals surface area contributed by atoms with Crippen molar-refractivity contribution in [2.24, 2.45) is 5.92 Å². The average Bonchev–Trinajstić information content (AvgIpc) is 2.31. The molecule has 0 aliphatic carbocycles. The summed E-state index contributed by atoms with van der Waals surface area (Å²) in [6.07, 6.45) is 4.77. The molecule has 0 aliphatic rings. The van der Waals surface area contributed by atoms with Crippen LogP contribution < -0.4 is 0 Å². The van der Waals surface area contributed by atoms with E-state index >= 15 is 0 Å². The van der Waals surface area contributed by atoms with E-state index in [1.807, 2.05) is 36.4 Å². The highest BCUT2D eigenvalue weighted by molar-refractivity contribution is 5.19. The summed E-state index contributed by atoms with van der Waals surface area (Å²) in [4.78, 5) is 0. The van der Waals surface area contributed by atoms with E-state index in [9.17, 15) is 5.11 Å². The summed E-state index contributed by atoms with van der Waals surface area (Å²) in [5.74, 6) is 0.173. The number of rotatable bonds is 6. The molecular weight excluding hydrogens is 184 g/mol. The molecule has 0 radical (unpaired) electrons. The standard InChI is InChI=1S/C14H20O/c1-3-5-9-12(4-2)14(15)13-10-7-6-8-11-13/h4,6-8,10-12,14-15H,2-3,5,9H2,1H3/t12-,14-/m0/s1. The molecule has 1 rings (SSSR count). The van der Waals surface area contributed by atoms with E-state index in [1.165, 1.54) is 0 Å². The molecule has 2 atom stereocenters. The zero-order chi connectivity index (χ0) is 11.1. The van der Waals surface area contributed by atoms with E-state index in [0.29, 0.717) is 0 Å². The molecule has 0 saturated heterocycles. The summed E-state index contributed by atoms with van der Waals surface area (Å²) in [7, 11) is 0. The van der Waals surface area contributed by atoms with Gasteiger partial charge in [-0.1, -0.05) is 56.2 Å². The van der Waals surface area contributed by atoms with Gasteiger partial charge in [0.25, 0.3) is 0 Å². The Morgan fingerprint density at radius 2 is 2.00 bits per heavy atom. The van der Waals surface area contributed by atoms with Crippen molar-refractivity contribution in [3.63, 3.8) is 0 Å². The first kappa shape index (κ1) is 12.0. The van der Waals surface area contributed by atoms with Crippen LogP contribution in [0.1, 0.15) is 37.9 Å². The molecule has 0 saturated carbocycles. The lowest BCUT2D eigenvalue weighted by atomic mass is 9.91. The molecule has 0 heterocycles. The second-order valence-electron chi connectivity index (χ2n) is 3.90. The predicted octanol–water partition coefficient (Wildman–Crippen LogP) is 3.71. The van der Waals surface area contributed by atoms with E-state index in [4.69, 9.17) is 0 Å². The van der Waals surface area contributed by atoms with Crippen molar-refractivity contribution in [1.29, 1.82) is 0 Å². The lowest BCUT2D eigenvalue weighted by Crippen LogP contribution is -2.10. The van der Waals surface area contributed by atoms with Crippen LogP contribution in [0, 0.1) is 5.92 Å². The number of unbranched alkanes of at least 4 members (excludes halogenated alkanes) is 1. The monoisotopic (exact) mass is 204 g/mol. The Labute approximate surface area is 92.5 Å². The molecule has 0 bridgehead atoms. The molecule has 1 heteroatoms. The van der Waals surface area contributed by atoms with Crippen molar-refractivity contribution in [3.05, 3.63) is 48.6 Å². The number of benzene rings is 1. The summed E-state index contributed by atoms with van der Waals surface area (Å²) in [5, 5.41) is 10.1. The van der Waals surface area contributed by atoms with Crippen molar-refractivity contribution in [3.8, 4) is 0 Å². The first-order valence-corrected chi connectivity index (χ1v) is 5.65. The van der Waals surface area contributed by atoms with Crippen LogP contribution in [0.15, 0.2) is 43.0 Å². The summed E-state index contributed by atoms with van der Waals surface area (Å²) in [6.45, 7) is 5.96. The Hall–Kier alpha value is -1.08. The molecule has 82 valence electrons. The van der Waals surface area contributed by atoms with E-state index in [0.717, 1.165) is 24.8 Å². The van der Waals surface area contributed by atoms with E-state index in [-0.39, 0.29) is 5.92 Å². The van der Waals surface area contributed by atoms with Gasteiger partial charge in [0.1, 0.15) is 0 Å². The zero-order valence-electron chi connectivity index (χ0n) is 9.39. The Bertz CT molecular complexity index is 279. The number of hydrogen-bond acceptors (Lipinski definition) is 1. The Balaban J connectivity index is 2.64. The van der Waals surface area contributed by atoms with Crippen LogP contribution in [0.25, 0.3) is 0 Å². The topological polar surface area (TPSA) is 20.2 Å². The van der Waals surface area contributed by atoms with Crippen LogP contribution in [0.2, 0.25) is 0 Å². The Kier molecular flexibility index (Phi) is 5.13. The van der Waals surface area contributed by atoms with Crippen LogP contribution in [-0.2, 0) is 0 Å². The van der Waals surface area contributed by atoms with Crippen molar-refractivity contribution in [2.75, 3.05) is 0 Å². The van der Waals surface area contributed by atoms with E-state index in [2.05, 4.69) is 13.5 Å². The molecular formula is C14H20O. The molecule has 0 unspecified atom stereocenters. The number of hydrogen-bond donors (Lipinski definition) is 1. The van der Waals surface area contributed by atoms with Crippen molar-refractivity contribution in [1.82, 2.24) is 0 Å². The van der Waals surface area contributed by atoms with E-state index < -0.39 is 6.10 Å². The van der Waals surface area contributed by atoms with Gasteiger partial charge >= 0.3 is 0 Å². The fraction of sp³-hybridized carbons (Fsp3) is 0.429. The first-order chi connectivity index (χ1) is 7.29. The minimum Gasteiger partial charge on any atom is -0.388 e. The fourth-order valence-corrected chi connectivity index (χ4v) is 1.74. The van der Waals surface area contributed by atoms with E-state index in [1.54, 1.807) is 0 Å². The Morgan fingerprint density at radius 1 is 1.33 bits per heavy atom. The van der Waals surface area contributed by atoms with Gasteiger partial charge in [-0.3, -0.25) is 0 Å². The summed E-state index contributed by atoms with van der Waals surface area (Å²) >= 11 is 0. The maximum absolute atomic E-state index is 10.1. The number of aliphatic hydroxyl groups is 1. The van der Waals surface area contributed by atoms with Crippen molar-refractivity contribution < 1.29 is 5.11 Å². The second-order valence-corrected chi connectivity index (χ2v) is 3.90. The lowest BCUT2D eigenvalue weighted by Gasteiger charge is -2.19. The third kappa shape index (κ3) is 3.52. The quantitative estimate of drug-likeness (QED) is 0.700. The molecule has 1 aromatic rings. The van der Waals surface area contributed by atoms with Crippen LogP contribution in [0.4, 0.5) is 0 Å².